The van der Waals surface area contributed by atoms with Crippen molar-refractivity contribution in [2.75, 3.05) is 32.2 Å². The van der Waals surface area contributed by atoms with E-state index in [0.29, 0.717) is 36.9 Å². The van der Waals surface area contributed by atoms with E-state index in [2.05, 4.69) is 10.3 Å². The van der Waals surface area contributed by atoms with Crippen LogP contribution in [0.15, 0.2) is 22.6 Å². The number of benzene rings is 1. The van der Waals surface area contributed by atoms with Crippen molar-refractivity contribution in [1.82, 2.24) is 4.98 Å². The van der Waals surface area contributed by atoms with Gasteiger partial charge in [-0.15, -0.1) is 0 Å². The first-order valence-electron chi connectivity index (χ1n) is 6.63. The maximum Gasteiger partial charge on any atom is 0.335 e. The lowest BCUT2D eigenvalue weighted by Crippen LogP contribution is -2.39. The molecule has 7 nitrogen and oxygen atoms in total. The maximum absolute atomic E-state index is 10.9. The lowest BCUT2D eigenvalue weighted by molar-refractivity contribution is -0.00651. The SMILES string of the molecule is COC1(CNc2nc3ccc(C(=O)O)cc3o2)CCOC1. The fourth-order valence-electron chi connectivity index (χ4n) is 2.33. The van der Waals surface area contributed by atoms with E-state index in [0.717, 1.165) is 6.42 Å². The second-order valence-corrected chi connectivity index (χ2v) is 5.05. The van der Waals surface area contributed by atoms with E-state index in [-0.39, 0.29) is 11.2 Å². The van der Waals surface area contributed by atoms with Crippen molar-refractivity contribution in [3.05, 3.63) is 23.8 Å². The number of rotatable bonds is 5. The summed E-state index contributed by atoms with van der Waals surface area (Å²) >= 11 is 0. The molecule has 0 saturated carbocycles. The Morgan fingerprint density at radius 1 is 1.57 bits per heavy atom. The summed E-state index contributed by atoms with van der Waals surface area (Å²) in [5.74, 6) is -0.996. The van der Waals surface area contributed by atoms with Crippen LogP contribution in [0.5, 0.6) is 0 Å². The Morgan fingerprint density at radius 2 is 2.43 bits per heavy atom. The first-order chi connectivity index (χ1) is 10.1. The van der Waals surface area contributed by atoms with Gasteiger partial charge in [-0.25, -0.2) is 4.79 Å². The van der Waals surface area contributed by atoms with E-state index < -0.39 is 5.97 Å². The number of nitrogens with zero attached hydrogens (tertiary/aromatic N) is 1. The summed E-state index contributed by atoms with van der Waals surface area (Å²) in [5.41, 5.74) is 0.846. The van der Waals surface area contributed by atoms with Gasteiger partial charge in [0, 0.05) is 20.1 Å². The van der Waals surface area contributed by atoms with Crippen molar-refractivity contribution < 1.29 is 23.8 Å². The van der Waals surface area contributed by atoms with Crippen LogP contribution in [-0.4, -0.2) is 48.5 Å². The van der Waals surface area contributed by atoms with Crippen LogP contribution in [0.3, 0.4) is 0 Å². The number of anilines is 1. The topological polar surface area (TPSA) is 93.8 Å². The fraction of sp³-hybridized carbons (Fsp3) is 0.429. The van der Waals surface area contributed by atoms with Crippen LogP contribution in [-0.2, 0) is 9.47 Å². The third-order valence-electron chi connectivity index (χ3n) is 3.70. The van der Waals surface area contributed by atoms with Crippen molar-refractivity contribution >= 4 is 23.1 Å². The number of hydrogen-bond donors (Lipinski definition) is 2. The molecule has 21 heavy (non-hydrogen) atoms. The average Bonchev–Trinajstić information content (AvgIpc) is 3.11. The van der Waals surface area contributed by atoms with Crippen LogP contribution in [0.2, 0.25) is 0 Å². The summed E-state index contributed by atoms with van der Waals surface area (Å²) in [6, 6.07) is 4.92. The monoisotopic (exact) mass is 292 g/mol. The van der Waals surface area contributed by atoms with E-state index in [4.69, 9.17) is 19.0 Å². The highest BCUT2D eigenvalue weighted by Gasteiger charge is 2.35. The normalized spacial score (nSPS) is 21.8. The predicted molar refractivity (Wildman–Crippen MR) is 74.6 cm³/mol. The number of carbonyl (C=O) groups is 1. The molecule has 1 aliphatic heterocycles. The molecule has 0 aliphatic carbocycles. The molecule has 2 N–H and O–H groups in total. The van der Waals surface area contributed by atoms with Gasteiger partial charge in [0.2, 0.25) is 0 Å². The number of carboxylic acid groups (broad SMARTS) is 1. The highest BCUT2D eigenvalue weighted by Crippen LogP contribution is 2.25. The Hall–Kier alpha value is -2.12. The number of methoxy groups -OCH3 is 1. The first-order valence-corrected chi connectivity index (χ1v) is 6.63. The molecule has 0 bridgehead atoms. The van der Waals surface area contributed by atoms with Crippen LogP contribution < -0.4 is 5.32 Å². The van der Waals surface area contributed by atoms with Crippen LogP contribution in [0.1, 0.15) is 16.8 Å². The molecule has 2 heterocycles. The van der Waals surface area contributed by atoms with Crippen molar-refractivity contribution in [2.24, 2.45) is 0 Å². The number of oxazole rings is 1. The van der Waals surface area contributed by atoms with Gasteiger partial charge in [-0.2, -0.15) is 4.98 Å². The smallest absolute Gasteiger partial charge is 0.335 e. The van der Waals surface area contributed by atoms with E-state index in [1.54, 1.807) is 13.2 Å². The Kier molecular flexibility index (Phi) is 3.52. The number of aromatic carboxylic acids is 1. The zero-order valence-electron chi connectivity index (χ0n) is 11.6. The second kappa shape index (κ2) is 5.34. The number of nitrogens with one attached hydrogen (secondary N) is 1. The van der Waals surface area contributed by atoms with Gasteiger partial charge >= 0.3 is 5.97 Å². The molecule has 2 aromatic rings. The fourth-order valence-corrected chi connectivity index (χ4v) is 2.33. The van der Waals surface area contributed by atoms with Crippen molar-refractivity contribution in [1.29, 1.82) is 0 Å². The standard InChI is InChI=1S/C14H16N2O5/c1-19-14(4-5-20-8-14)7-15-13-16-10-3-2-9(12(17)18)6-11(10)21-13/h2-3,6H,4-5,7-8H2,1H3,(H,15,16)(H,17,18). The summed E-state index contributed by atoms with van der Waals surface area (Å²) < 4.78 is 16.4. The summed E-state index contributed by atoms with van der Waals surface area (Å²) in [6.45, 7) is 1.72. The molecule has 0 spiro atoms. The minimum atomic E-state index is -0.996. The van der Waals surface area contributed by atoms with Crippen LogP contribution in [0, 0.1) is 0 Å². The third kappa shape index (κ3) is 2.70. The van der Waals surface area contributed by atoms with Gasteiger partial charge in [0.15, 0.2) is 5.58 Å². The number of carboxylic acids is 1. The maximum atomic E-state index is 10.9. The van der Waals surface area contributed by atoms with E-state index in [1.807, 2.05) is 0 Å². The molecule has 1 aromatic carbocycles. The van der Waals surface area contributed by atoms with Gasteiger partial charge in [0.25, 0.3) is 6.01 Å². The molecule has 1 aliphatic rings. The minimum Gasteiger partial charge on any atom is -0.478 e. The molecule has 112 valence electrons. The molecule has 1 aromatic heterocycles. The van der Waals surface area contributed by atoms with Crippen molar-refractivity contribution in [3.63, 3.8) is 0 Å². The van der Waals surface area contributed by atoms with Gasteiger partial charge < -0.3 is 24.3 Å². The van der Waals surface area contributed by atoms with E-state index >= 15 is 0 Å². The van der Waals surface area contributed by atoms with Crippen LogP contribution in [0.4, 0.5) is 6.01 Å². The molecular formula is C14H16N2O5. The lowest BCUT2D eigenvalue weighted by Gasteiger charge is -2.25. The molecule has 3 rings (SSSR count). The molecule has 7 heteroatoms. The summed E-state index contributed by atoms with van der Waals surface area (Å²) in [6.07, 6.45) is 0.805. The van der Waals surface area contributed by atoms with Gasteiger partial charge in [-0.1, -0.05) is 0 Å². The Morgan fingerprint density at radius 3 is 3.10 bits per heavy atom. The number of fused-ring (bicyclic) bond motifs is 1. The zero-order valence-corrected chi connectivity index (χ0v) is 11.6. The summed E-state index contributed by atoms with van der Waals surface area (Å²) in [7, 11) is 1.65. The average molecular weight is 292 g/mol. The molecule has 1 fully saturated rings. The molecule has 0 radical (unpaired) electrons. The molecule has 1 atom stereocenters. The predicted octanol–water partition coefficient (Wildman–Crippen LogP) is 1.74. The van der Waals surface area contributed by atoms with Gasteiger partial charge in [0.05, 0.1) is 18.7 Å². The molecule has 0 amide bonds. The summed E-state index contributed by atoms with van der Waals surface area (Å²) in [4.78, 5) is 15.2. The van der Waals surface area contributed by atoms with Crippen molar-refractivity contribution in [3.8, 4) is 0 Å². The largest absolute Gasteiger partial charge is 0.478 e. The molecule has 1 unspecified atom stereocenters. The first kappa shape index (κ1) is 13.8. The number of ether oxygens (including phenoxy) is 2. The highest BCUT2D eigenvalue weighted by molar-refractivity contribution is 5.92. The van der Waals surface area contributed by atoms with Crippen LogP contribution in [0.25, 0.3) is 11.1 Å². The molecular weight excluding hydrogens is 276 g/mol. The minimum absolute atomic E-state index is 0.169. The lowest BCUT2D eigenvalue weighted by atomic mass is 10.0. The Bertz CT molecular complexity index is 660. The summed E-state index contributed by atoms with van der Waals surface area (Å²) in [5, 5.41) is 12.0. The Labute approximate surface area is 120 Å². The third-order valence-corrected chi connectivity index (χ3v) is 3.70. The molecule has 1 saturated heterocycles. The highest BCUT2D eigenvalue weighted by atomic mass is 16.5. The van der Waals surface area contributed by atoms with Gasteiger partial charge in [-0.3, -0.25) is 0 Å². The number of hydrogen-bond acceptors (Lipinski definition) is 6. The van der Waals surface area contributed by atoms with E-state index in [9.17, 15) is 4.79 Å². The van der Waals surface area contributed by atoms with E-state index in [1.165, 1.54) is 12.1 Å². The number of aromatic nitrogens is 1. The van der Waals surface area contributed by atoms with Gasteiger partial charge in [-0.05, 0) is 18.2 Å². The second-order valence-electron chi connectivity index (χ2n) is 5.05. The zero-order chi connectivity index (χ0) is 14.9. The Balaban J connectivity index is 1.77. The quantitative estimate of drug-likeness (QED) is 0.866. The van der Waals surface area contributed by atoms with Crippen molar-refractivity contribution in [2.45, 2.75) is 12.0 Å². The van der Waals surface area contributed by atoms with Gasteiger partial charge in [0.1, 0.15) is 11.1 Å². The van der Waals surface area contributed by atoms with Crippen LogP contribution >= 0.6 is 0 Å².